The Labute approximate surface area is 199 Å². The Morgan fingerprint density at radius 2 is 1.88 bits per heavy atom. The molecule has 2 aromatic carbocycles. The van der Waals surface area contributed by atoms with E-state index in [1.165, 1.54) is 27.8 Å². The van der Waals surface area contributed by atoms with Crippen molar-refractivity contribution in [3.8, 4) is 11.1 Å². The third-order valence-electron chi connectivity index (χ3n) is 6.19. The molecule has 1 unspecified atom stereocenters. The first-order valence-corrected chi connectivity index (χ1v) is 11.7. The molecule has 5 rings (SSSR count). The molecule has 2 aromatic heterocycles. The maximum atomic E-state index is 13.6. The van der Waals surface area contributed by atoms with Crippen molar-refractivity contribution in [2.24, 2.45) is 5.92 Å². The molecule has 2 heterocycles. The molecule has 3 nitrogen and oxygen atoms in total. The van der Waals surface area contributed by atoms with Gasteiger partial charge in [-0.2, -0.15) is 0 Å². The minimum absolute atomic E-state index is 0. The van der Waals surface area contributed by atoms with Crippen LogP contribution in [0.4, 0.5) is 5.69 Å². The zero-order chi connectivity index (χ0) is 21.5. The highest BCUT2D eigenvalue weighted by Gasteiger charge is 2.27. The molecule has 1 aliphatic rings. The summed E-state index contributed by atoms with van der Waals surface area (Å²) < 4.78 is 0. The van der Waals surface area contributed by atoms with Crippen LogP contribution >= 0.6 is 11.3 Å². The molecular weight excluding hydrogens is 436 g/mol. The maximum Gasteiger partial charge on any atom is 0.258 e. The van der Waals surface area contributed by atoms with E-state index in [0.29, 0.717) is 11.5 Å². The second kappa shape index (κ2) is 9.05. The zero-order valence-corrected chi connectivity index (χ0v) is 20.1. The molecule has 0 spiro atoms. The second-order valence-corrected chi connectivity index (χ2v) is 9.75. The average Bonchev–Trinajstić information content (AvgIpc) is 3.10. The number of nitrogens with one attached hydrogen (secondary N) is 1. The number of hydrogen-bond acceptors (Lipinski definition) is 3. The molecule has 1 amide bonds. The summed E-state index contributed by atoms with van der Waals surface area (Å²) in [4.78, 5) is 21.0. The highest BCUT2D eigenvalue weighted by atomic mass is 35.5. The SMILES string of the molecule is Cc1cccc(-c2c(C(=O)Nc3ccccc3)c(C)nc3sc4c(c23)CCC(C)C4)c1.[Cl-]. The van der Waals surface area contributed by atoms with E-state index < -0.39 is 0 Å². The van der Waals surface area contributed by atoms with E-state index in [1.54, 1.807) is 0 Å². The lowest BCUT2D eigenvalue weighted by Gasteiger charge is -2.20. The van der Waals surface area contributed by atoms with Crippen LogP contribution in [0.15, 0.2) is 54.6 Å². The summed E-state index contributed by atoms with van der Waals surface area (Å²) in [6.07, 6.45) is 3.35. The molecule has 0 saturated carbocycles. The summed E-state index contributed by atoms with van der Waals surface area (Å²) in [6.45, 7) is 6.38. The van der Waals surface area contributed by atoms with Crippen molar-refractivity contribution in [2.75, 3.05) is 5.32 Å². The Hall–Kier alpha value is -2.69. The minimum atomic E-state index is -0.0984. The Balaban J connectivity index is 0.00000245. The number of aryl methyl sites for hydroxylation is 3. The van der Waals surface area contributed by atoms with Crippen molar-refractivity contribution < 1.29 is 17.2 Å². The number of carbonyl (C=O) groups excluding carboxylic acids is 1. The predicted octanol–water partition coefficient (Wildman–Crippen LogP) is 3.96. The van der Waals surface area contributed by atoms with Crippen LogP contribution in [-0.4, -0.2) is 10.9 Å². The van der Waals surface area contributed by atoms with E-state index >= 15 is 0 Å². The number of amides is 1. The molecule has 32 heavy (non-hydrogen) atoms. The first-order valence-electron chi connectivity index (χ1n) is 10.9. The lowest BCUT2D eigenvalue weighted by molar-refractivity contribution is -0.0000141. The number of hydrogen-bond donors (Lipinski definition) is 1. The summed E-state index contributed by atoms with van der Waals surface area (Å²) in [5.41, 5.74) is 6.97. The first kappa shape index (κ1) is 22.5. The lowest BCUT2D eigenvalue weighted by atomic mass is 9.86. The van der Waals surface area contributed by atoms with Gasteiger partial charge in [-0.15, -0.1) is 11.3 Å². The molecular formula is C27H26ClN2OS-. The van der Waals surface area contributed by atoms with Gasteiger partial charge in [0.25, 0.3) is 5.91 Å². The van der Waals surface area contributed by atoms with Gasteiger partial charge in [0.1, 0.15) is 4.83 Å². The molecule has 1 atom stereocenters. The summed E-state index contributed by atoms with van der Waals surface area (Å²) in [5.74, 6) is 0.601. The Bertz CT molecular complexity index is 1300. The lowest BCUT2D eigenvalue weighted by Crippen LogP contribution is -3.00. The predicted molar refractivity (Wildman–Crippen MR) is 130 cm³/mol. The summed E-state index contributed by atoms with van der Waals surface area (Å²) in [5, 5.41) is 4.27. The fourth-order valence-electron chi connectivity index (χ4n) is 4.67. The average molecular weight is 462 g/mol. The van der Waals surface area contributed by atoms with E-state index in [-0.39, 0.29) is 18.3 Å². The van der Waals surface area contributed by atoms with Crippen molar-refractivity contribution in [1.29, 1.82) is 0 Å². The molecule has 0 fully saturated rings. The van der Waals surface area contributed by atoms with Gasteiger partial charge in [-0.05, 0) is 62.3 Å². The molecule has 0 radical (unpaired) electrons. The molecule has 0 aliphatic heterocycles. The van der Waals surface area contributed by atoms with E-state index in [0.717, 1.165) is 40.2 Å². The molecule has 0 saturated heterocycles. The fraction of sp³-hybridized carbons (Fsp3) is 0.259. The second-order valence-electron chi connectivity index (χ2n) is 8.67. The number of thiophene rings is 1. The molecule has 4 aromatic rings. The number of fused-ring (bicyclic) bond motifs is 3. The molecule has 5 heteroatoms. The van der Waals surface area contributed by atoms with Crippen LogP contribution < -0.4 is 17.7 Å². The van der Waals surface area contributed by atoms with E-state index in [2.05, 4.69) is 43.4 Å². The van der Waals surface area contributed by atoms with Gasteiger partial charge in [0.15, 0.2) is 0 Å². The highest BCUT2D eigenvalue weighted by molar-refractivity contribution is 7.19. The van der Waals surface area contributed by atoms with Crippen LogP contribution in [0.5, 0.6) is 0 Å². The number of pyridine rings is 1. The topological polar surface area (TPSA) is 42.0 Å². The van der Waals surface area contributed by atoms with Gasteiger partial charge in [-0.25, -0.2) is 4.98 Å². The van der Waals surface area contributed by atoms with Crippen LogP contribution in [0.25, 0.3) is 21.3 Å². The number of anilines is 1. The van der Waals surface area contributed by atoms with Crippen LogP contribution in [0.2, 0.25) is 0 Å². The van der Waals surface area contributed by atoms with Gasteiger partial charge in [0, 0.05) is 21.5 Å². The first-order chi connectivity index (χ1) is 15.0. The number of aromatic nitrogens is 1. The van der Waals surface area contributed by atoms with Crippen molar-refractivity contribution in [3.05, 3.63) is 81.9 Å². The van der Waals surface area contributed by atoms with Gasteiger partial charge < -0.3 is 17.7 Å². The van der Waals surface area contributed by atoms with Crippen molar-refractivity contribution in [3.63, 3.8) is 0 Å². The molecule has 164 valence electrons. The summed E-state index contributed by atoms with van der Waals surface area (Å²) in [7, 11) is 0. The van der Waals surface area contributed by atoms with Crippen LogP contribution in [0.3, 0.4) is 0 Å². The fourth-order valence-corrected chi connectivity index (χ4v) is 6.11. The quantitative estimate of drug-likeness (QED) is 0.501. The Morgan fingerprint density at radius 3 is 2.62 bits per heavy atom. The van der Waals surface area contributed by atoms with Gasteiger partial charge in [0.05, 0.1) is 11.3 Å². The summed E-state index contributed by atoms with van der Waals surface area (Å²) in [6, 6.07) is 18.1. The maximum absolute atomic E-state index is 13.6. The standard InChI is InChI=1S/C27H26N2OS.ClH/c1-16-8-7-9-19(14-16)24-23(26(30)29-20-10-5-4-6-11-20)18(3)28-27-25(24)21-13-12-17(2)15-22(21)31-27;/h4-11,14,17H,12-13,15H2,1-3H3,(H,29,30);1H/p-1. The Morgan fingerprint density at radius 1 is 1.09 bits per heavy atom. The van der Waals surface area contributed by atoms with Gasteiger partial charge in [-0.3, -0.25) is 4.79 Å². The van der Waals surface area contributed by atoms with Crippen molar-refractivity contribution in [2.45, 2.75) is 40.0 Å². The monoisotopic (exact) mass is 461 g/mol. The highest BCUT2D eigenvalue weighted by Crippen LogP contribution is 2.44. The third kappa shape index (κ3) is 4.05. The largest absolute Gasteiger partial charge is 1.00 e. The minimum Gasteiger partial charge on any atom is -1.00 e. The number of para-hydroxylation sites is 1. The Kier molecular flexibility index (Phi) is 6.36. The number of benzene rings is 2. The van der Waals surface area contributed by atoms with Gasteiger partial charge >= 0.3 is 0 Å². The number of halogens is 1. The zero-order valence-electron chi connectivity index (χ0n) is 18.5. The summed E-state index contributed by atoms with van der Waals surface area (Å²) >= 11 is 1.81. The smallest absolute Gasteiger partial charge is 0.258 e. The van der Waals surface area contributed by atoms with Crippen molar-refractivity contribution in [1.82, 2.24) is 4.98 Å². The number of rotatable bonds is 3. The molecule has 1 N–H and O–H groups in total. The number of nitrogens with zero attached hydrogens (tertiary/aromatic N) is 1. The van der Waals surface area contributed by atoms with Crippen LogP contribution in [-0.2, 0) is 12.8 Å². The third-order valence-corrected chi connectivity index (χ3v) is 7.34. The van der Waals surface area contributed by atoms with Crippen molar-refractivity contribution >= 4 is 33.1 Å². The van der Waals surface area contributed by atoms with E-state index in [9.17, 15) is 4.79 Å². The van der Waals surface area contributed by atoms with Gasteiger partial charge in [-0.1, -0.05) is 55.0 Å². The molecule has 0 bridgehead atoms. The van der Waals surface area contributed by atoms with E-state index in [1.807, 2.05) is 48.6 Å². The normalized spacial score (nSPS) is 15.2. The number of carbonyl (C=O) groups is 1. The van der Waals surface area contributed by atoms with E-state index in [4.69, 9.17) is 4.98 Å². The van der Waals surface area contributed by atoms with Crippen LogP contribution in [0.1, 0.15) is 45.4 Å². The van der Waals surface area contributed by atoms with Gasteiger partial charge in [0.2, 0.25) is 0 Å². The van der Waals surface area contributed by atoms with Crippen LogP contribution in [0, 0.1) is 19.8 Å². The molecule has 1 aliphatic carbocycles.